The lowest BCUT2D eigenvalue weighted by molar-refractivity contribution is 0.149. The van der Waals surface area contributed by atoms with E-state index in [0.29, 0.717) is 12.2 Å². The molecule has 1 aliphatic rings. The summed E-state index contributed by atoms with van der Waals surface area (Å²) in [6, 6.07) is 11.5. The van der Waals surface area contributed by atoms with Gasteiger partial charge in [0.2, 0.25) is 0 Å². The average Bonchev–Trinajstić information content (AvgIpc) is 3.18. The number of nitrogens with zero attached hydrogens (tertiary/aromatic N) is 3. The maximum atomic E-state index is 10.7. The SMILES string of the molecule is COc1ccccc1C(O)CC1c2ncccc2-c2cncn21. The van der Waals surface area contributed by atoms with Gasteiger partial charge in [-0.3, -0.25) is 4.98 Å². The molecule has 0 amide bonds. The van der Waals surface area contributed by atoms with Crippen molar-refractivity contribution in [2.75, 3.05) is 7.11 Å². The van der Waals surface area contributed by atoms with Crippen molar-refractivity contribution in [1.82, 2.24) is 14.5 Å². The van der Waals surface area contributed by atoms with E-state index >= 15 is 0 Å². The molecule has 3 aromatic rings. The Balaban J connectivity index is 1.69. The maximum absolute atomic E-state index is 10.7. The summed E-state index contributed by atoms with van der Waals surface area (Å²) < 4.78 is 7.44. The standard InChI is InChI=1S/C18H17N3O2/c1-23-17-7-3-2-5-13(17)16(22)9-14-18-12(6-4-8-20-18)15-10-19-11-21(14)15/h2-8,10-11,14,16,22H,9H2,1H3. The fraction of sp³-hybridized carbons (Fsp3) is 0.222. The molecule has 1 aromatic carbocycles. The number of imidazole rings is 1. The normalized spacial score (nSPS) is 16.7. The van der Waals surface area contributed by atoms with Gasteiger partial charge in [-0.05, 0) is 18.2 Å². The molecule has 1 aliphatic heterocycles. The van der Waals surface area contributed by atoms with Crippen LogP contribution in [0.15, 0.2) is 55.1 Å². The topological polar surface area (TPSA) is 60.2 Å². The molecule has 116 valence electrons. The van der Waals surface area contributed by atoms with Gasteiger partial charge < -0.3 is 14.4 Å². The number of para-hydroxylation sites is 1. The number of fused-ring (bicyclic) bond motifs is 3. The van der Waals surface area contributed by atoms with Crippen LogP contribution in [0.25, 0.3) is 11.3 Å². The summed E-state index contributed by atoms with van der Waals surface area (Å²) in [5.74, 6) is 0.699. The van der Waals surface area contributed by atoms with E-state index in [0.717, 1.165) is 22.5 Å². The monoisotopic (exact) mass is 307 g/mol. The molecule has 1 N–H and O–H groups in total. The molecule has 4 rings (SSSR count). The minimum absolute atomic E-state index is 0.0244. The van der Waals surface area contributed by atoms with Gasteiger partial charge in [0.05, 0.1) is 43.2 Å². The highest BCUT2D eigenvalue weighted by Crippen LogP contribution is 2.42. The summed E-state index contributed by atoms with van der Waals surface area (Å²) in [7, 11) is 1.62. The zero-order valence-electron chi connectivity index (χ0n) is 12.8. The summed E-state index contributed by atoms with van der Waals surface area (Å²) in [5, 5.41) is 10.7. The summed E-state index contributed by atoms with van der Waals surface area (Å²) in [5.41, 5.74) is 3.91. The molecule has 23 heavy (non-hydrogen) atoms. The van der Waals surface area contributed by atoms with E-state index < -0.39 is 6.10 Å². The Labute approximate surface area is 134 Å². The Kier molecular flexibility index (Phi) is 3.35. The summed E-state index contributed by atoms with van der Waals surface area (Å²) in [6.07, 6.45) is 5.32. The van der Waals surface area contributed by atoms with Crippen molar-refractivity contribution in [1.29, 1.82) is 0 Å². The summed E-state index contributed by atoms with van der Waals surface area (Å²) >= 11 is 0. The fourth-order valence-corrected chi connectivity index (χ4v) is 3.30. The average molecular weight is 307 g/mol. The Morgan fingerprint density at radius 1 is 1.26 bits per heavy atom. The van der Waals surface area contributed by atoms with Crippen LogP contribution < -0.4 is 4.74 Å². The molecular weight excluding hydrogens is 290 g/mol. The number of aromatic nitrogens is 3. The van der Waals surface area contributed by atoms with E-state index in [1.807, 2.05) is 42.6 Å². The molecule has 5 nitrogen and oxygen atoms in total. The maximum Gasteiger partial charge on any atom is 0.124 e. The smallest absolute Gasteiger partial charge is 0.124 e. The molecule has 0 aliphatic carbocycles. The molecule has 0 spiro atoms. The van der Waals surface area contributed by atoms with Crippen molar-refractivity contribution in [3.63, 3.8) is 0 Å². The third-order valence-corrected chi connectivity index (χ3v) is 4.38. The third kappa shape index (κ3) is 2.21. The molecule has 0 fully saturated rings. The van der Waals surface area contributed by atoms with Crippen molar-refractivity contribution in [3.05, 3.63) is 66.4 Å². The predicted molar refractivity (Wildman–Crippen MR) is 86.2 cm³/mol. The number of benzene rings is 1. The highest BCUT2D eigenvalue weighted by Gasteiger charge is 2.31. The van der Waals surface area contributed by atoms with Gasteiger partial charge in [-0.15, -0.1) is 0 Å². The summed E-state index contributed by atoms with van der Waals surface area (Å²) in [4.78, 5) is 8.76. The van der Waals surface area contributed by atoms with E-state index in [4.69, 9.17) is 4.74 Å². The van der Waals surface area contributed by atoms with Crippen LogP contribution in [-0.4, -0.2) is 26.8 Å². The second-order valence-corrected chi connectivity index (χ2v) is 5.63. The van der Waals surface area contributed by atoms with Crippen LogP contribution in [0.1, 0.15) is 29.8 Å². The molecule has 3 heterocycles. The van der Waals surface area contributed by atoms with Gasteiger partial charge in [0, 0.05) is 23.7 Å². The molecule has 0 saturated heterocycles. The van der Waals surface area contributed by atoms with Gasteiger partial charge in [-0.25, -0.2) is 4.98 Å². The third-order valence-electron chi connectivity index (χ3n) is 4.38. The number of aliphatic hydroxyl groups is 1. The second-order valence-electron chi connectivity index (χ2n) is 5.63. The van der Waals surface area contributed by atoms with Gasteiger partial charge in [0.25, 0.3) is 0 Å². The Bertz CT molecular complexity index is 844. The Morgan fingerprint density at radius 3 is 3.00 bits per heavy atom. The quantitative estimate of drug-likeness (QED) is 0.805. The minimum atomic E-state index is -0.639. The highest BCUT2D eigenvalue weighted by molar-refractivity contribution is 5.66. The molecular formula is C18H17N3O2. The van der Waals surface area contributed by atoms with Gasteiger partial charge >= 0.3 is 0 Å². The van der Waals surface area contributed by atoms with Crippen LogP contribution in [0.5, 0.6) is 5.75 Å². The molecule has 0 radical (unpaired) electrons. The first-order chi connectivity index (χ1) is 11.3. The van der Waals surface area contributed by atoms with Crippen LogP contribution in [0.3, 0.4) is 0 Å². The van der Waals surface area contributed by atoms with Gasteiger partial charge in [0.1, 0.15) is 5.75 Å². The second kappa shape index (κ2) is 5.52. The van der Waals surface area contributed by atoms with Gasteiger partial charge in [0.15, 0.2) is 0 Å². The molecule has 2 aromatic heterocycles. The molecule has 2 unspecified atom stereocenters. The van der Waals surface area contributed by atoms with E-state index in [2.05, 4.69) is 14.5 Å². The highest BCUT2D eigenvalue weighted by atomic mass is 16.5. The van der Waals surface area contributed by atoms with E-state index in [-0.39, 0.29) is 6.04 Å². The number of hydrogen-bond acceptors (Lipinski definition) is 4. The van der Waals surface area contributed by atoms with Gasteiger partial charge in [-0.2, -0.15) is 0 Å². The van der Waals surface area contributed by atoms with Crippen LogP contribution in [0.4, 0.5) is 0 Å². The zero-order valence-corrected chi connectivity index (χ0v) is 12.8. The number of ether oxygens (including phenoxy) is 1. The van der Waals surface area contributed by atoms with Gasteiger partial charge in [-0.1, -0.05) is 18.2 Å². The van der Waals surface area contributed by atoms with Crippen molar-refractivity contribution >= 4 is 0 Å². The minimum Gasteiger partial charge on any atom is -0.496 e. The van der Waals surface area contributed by atoms with Crippen molar-refractivity contribution < 1.29 is 9.84 Å². The van der Waals surface area contributed by atoms with Crippen LogP contribution in [-0.2, 0) is 0 Å². The van der Waals surface area contributed by atoms with Crippen molar-refractivity contribution in [2.24, 2.45) is 0 Å². The Morgan fingerprint density at radius 2 is 2.13 bits per heavy atom. The lowest BCUT2D eigenvalue weighted by Crippen LogP contribution is -2.12. The lowest BCUT2D eigenvalue weighted by atomic mass is 9.98. The van der Waals surface area contributed by atoms with Crippen LogP contribution >= 0.6 is 0 Å². The summed E-state index contributed by atoms with van der Waals surface area (Å²) in [6.45, 7) is 0. The first kappa shape index (κ1) is 14.0. The molecule has 0 saturated carbocycles. The van der Waals surface area contributed by atoms with E-state index in [1.165, 1.54) is 0 Å². The largest absolute Gasteiger partial charge is 0.496 e. The fourth-order valence-electron chi connectivity index (χ4n) is 3.30. The van der Waals surface area contributed by atoms with Crippen molar-refractivity contribution in [2.45, 2.75) is 18.6 Å². The lowest BCUT2D eigenvalue weighted by Gasteiger charge is -2.20. The number of aliphatic hydroxyl groups excluding tert-OH is 1. The first-order valence-electron chi connectivity index (χ1n) is 7.57. The predicted octanol–water partition coefficient (Wildman–Crippen LogP) is 2.98. The van der Waals surface area contributed by atoms with Crippen LogP contribution in [0.2, 0.25) is 0 Å². The van der Waals surface area contributed by atoms with Crippen molar-refractivity contribution in [3.8, 4) is 17.0 Å². The molecule has 2 atom stereocenters. The first-order valence-corrected chi connectivity index (χ1v) is 7.57. The van der Waals surface area contributed by atoms with E-state index in [1.54, 1.807) is 19.6 Å². The zero-order chi connectivity index (χ0) is 15.8. The van der Waals surface area contributed by atoms with Crippen LogP contribution in [0, 0.1) is 0 Å². The molecule has 5 heteroatoms. The number of rotatable bonds is 4. The van der Waals surface area contributed by atoms with E-state index in [9.17, 15) is 5.11 Å². The molecule has 0 bridgehead atoms. The Hall–Kier alpha value is -2.66. The number of methoxy groups -OCH3 is 1. The number of hydrogen-bond donors (Lipinski definition) is 1. The number of pyridine rings is 1.